The lowest BCUT2D eigenvalue weighted by Gasteiger charge is -2.05. The van der Waals surface area contributed by atoms with Crippen molar-refractivity contribution in [1.29, 1.82) is 0 Å². The highest BCUT2D eigenvalue weighted by molar-refractivity contribution is 5.20. The molecule has 0 saturated heterocycles. The summed E-state index contributed by atoms with van der Waals surface area (Å²) in [6.07, 6.45) is 0. The van der Waals surface area contributed by atoms with E-state index in [0.717, 1.165) is 24.6 Å². The quantitative estimate of drug-likeness (QED) is 0.795. The Hall–Kier alpha value is -1.58. The minimum Gasteiger partial charge on any atom is -0.464 e. The first-order valence-electron chi connectivity index (χ1n) is 7.55. The molecule has 0 fully saturated rings. The lowest BCUT2D eigenvalue weighted by Crippen LogP contribution is -2.18. The summed E-state index contributed by atoms with van der Waals surface area (Å²) in [5.74, 6) is 2.53. The van der Waals surface area contributed by atoms with Gasteiger partial charge in [0.05, 0.1) is 6.61 Å². The molecular formula is C18H25NO2. The number of nitrogens with one attached hydrogen (secondary N) is 1. The zero-order chi connectivity index (χ0) is 15.1. The first-order chi connectivity index (χ1) is 10.1. The average molecular weight is 287 g/mol. The molecule has 114 valence electrons. The van der Waals surface area contributed by atoms with Crippen LogP contribution in [0, 0.1) is 12.8 Å². The van der Waals surface area contributed by atoms with Crippen LogP contribution in [0.4, 0.5) is 0 Å². The molecule has 0 aliphatic carbocycles. The van der Waals surface area contributed by atoms with Gasteiger partial charge in [0, 0.05) is 12.1 Å². The molecule has 0 atom stereocenters. The molecule has 0 aliphatic rings. The van der Waals surface area contributed by atoms with Gasteiger partial charge in [0.2, 0.25) is 0 Å². The van der Waals surface area contributed by atoms with Crippen LogP contribution in [0.1, 0.15) is 36.5 Å². The molecule has 0 bridgehead atoms. The van der Waals surface area contributed by atoms with Crippen LogP contribution in [-0.2, 0) is 24.5 Å². The van der Waals surface area contributed by atoms with Crippen LogP contribution < -0.4 is 5.32 Å². The molecule has 2 aromatic rings. The standard InChI is InChI=1S/C18H25NO2/c1-14(2)10-19-11-17-9-18(21-15(17)3)13-20-12-16-7-5-4-6-8-16/h4-9,14,19H,10-13H2,1-3H3. The van der Waals surface area contributed by atoms with Crippen molar-refractivity contribution in [1.82, 2.24) is 5.32 Å². The molecule has 0 radical (unpaired) electrons. The predicted molar refractivity (Wildman–Crippen MR) is 84.9 cm³/mol. The molecule has 0 aliphatic heterocycles. The Morgan fingerprint density at radius 1 is 1.14 bits per heavy atom. The fourth-order valence-corrected chi connectivity index (χ4v) is 2.17. The summed E-state index contributed by atoms with van der Waals surface area (Å²) in [5.41, 5.74) is 2.40. The molecular weight excluding hydrogens is 262 g/mol. The summed E-state index contributed by atoms with van der Waals surface area (Å²) < 4.78 is 11.4. The van der Waals surface area contributed by atoms with Crippen LogP contribution >= 0.6 is 0 Å². The maximum absolute atomic E-state index is 5.75. The van der Waals surface area contributed by atoms with Gasteiger partial charge in [-0.15, -0.1) is 0 Å². The number of furan rings is 1. The average Bonchev–Trinajstić information content (AvgIpc) is 2.80. The molecule has 1 aromatic carbocycles. The fraction of sp³-hybridized carbons (Fsp3) is 0.444. The van der Waals surface area contributed by atoms with Crippen LogP contribution in [-0.4, -0.2) is 6.54 Å². The number of ether oxygens (including phenoxy) is 1. The van der Waals surface area contributed by atoms with Crippen LogP contribution in [0.2, 0.25) is 0 Å². The van der Waals surface area contributed by atoms with E-state index in [0.29, 0.717) is 19.1 Å². The highest BCUT2D eigenvalue weighted by Gasteiger charge is 2.07. The van der Waals surface area contributed by atoms with E-state index in [1.807, 2.05) is 25.1 Å². The smallest absolute Gasteiger partial charge is 0.130 e. The third kappa shape index (κ3) is 5.37. The summed E-state index contributed by atoms with van der Waals surface area (Å²) >= 11 is 0. The monoisotopic (exact) mass is 287 g/mol. The maximum Gasteiger partial charge on any atom is 0.130 e. The minimum atomic E-state index is 0.514. The first-order valence-corrected chi connectivity index (χ1v) is 7.55. The summed E-state index contributed by atoms with van der Waals surface area (Å²) in [6.45, 7) is 9.42. The van der Waals surface area contributed by atoms with Gasteiger partial charge in [0.1, 0.15) is 18.1 Å². The Morgan fingerprint density at radius 3 is 2.62 bits per heavy atom. The molecule has 2 rings (SSSR count). The molecule has 1 N–H and O–H groups in total. The molecule has 1 aromatic heterocycles. The number of aryl methyl sites for hydroxylation is 1. The molecule has 3 heteroatoms. The van der Waals surface area contributed by atoms with E-state index in [-0.39, 0.29) is 0 Å². The van der Waals surface area contributed by atoms with Gasteiger partial charge in [0.15, 0.2) is 0 Å². The van der Waals surface area contributed by atoms with E-state index in [4.69, 9.17) is 9.15 Å². The Morgan fingerprint density at radius 2 is 1.90 bits per heavy atom. The molecule has 21 heavy (non-hydrogen) atoms. The van der Waals surface area contributed by atoms with Gasteiger partial charge in [-0.2, -0.15) is 0 Å². The van der Waals surface area contributed by atoms with Gasteiger partial charge in [-0.25, -0.2) is 0 Å². The molecule has 1 heterocycles. The zero-order valence-corrected chi connectivity index (χ0v) is 13.2. The highest BCUT2D eigenvalue weighted by atomic mass is 16.5. The summed E-state index contributed by atoms with van der Waals surface area (Å²) in [5, 5.41) is 3.44. The van der Waals surface area contributed by atoms with Crippen molar-refractivity contribution in [3.8, 4) is 0 Å². The van der Waals surface area contributed by atoms with Gasteiger partial charge in [-0.05, 0) is 31.0 Å². The number of benzene rings is 1. The van der Waals surface area contributed by atoms with E-state index in [1.54, 1.807) is 0 Å². The van der Waals surface area contributed by atoms with Crippen molar-refractivity contribution in [2.75, 3.05) is 6.54 Å². The van der Waals surface area contributed by atoms with E-state index in [9.17, 15) is 0 Å². The van der Waals surface area contributed by atoms with Crippen LogP contribution in [0.25, 0.3) is 0 Å². The largest absolute Gasteiger partial charge is 0.464 e. The molecule has 0 spiro atoms. The third-order valence-electron chi connectivity index (χ3n) is 3.30. The van der Waals surface area contributed by atoms with Crippen molar-refractivity contribution in [2.24, 2.45) is 5.92 Å². The zero-order valence-electron chi connectivity index (χ0n) is 13.2. The van der Waals surface area contributed by atoms with Crippen molar-refractivity contribution < 1.29 is 9.15 Å². The maximum atomic E-state index is 5.75. The van der Waals surface area contributed by atoms with Gasteiger partial charge in [0.25, 0.3) is 0 Å². The highest BCUT2D eigenvalue weighted by Crippen LogP contribution is 2.16. The normalized spacial score (nSPS) is 11.2. The van der Waals surface area contributed by atoms with Crippen molar-refractivity contribution in [3.63, 3.8) is 0 Å². The third-order valence-corrected chi connectivity index (χ3v) is 3.30. The van der Waals surface area contributed by atoms with E-state index >= 15 is 0 Å². The van der Waals surface area contributed by atoms with E-state index < -0.39 is 0 Å². The molecule has 0 amide bonds. The second kappa shape index (κ2) is 8.01. The summed E-state index contributed by atoms with van der Waals surface area (Å²) in [7, 11) is 0. The predicted octanol–water partition coefficient (Wildman–Crippen LogP) is 4.05. The second-order valence-corrected chi connectivity index (χ2v) is 5.80. The first kappa shape index (κ1) is 15.8. The van der Waals surface area contributed by atoms with Gasteiger partial charge >= 0.3 is 0 Å². The molecule has 0 unspecified atom stereocenters. The number of rotatable bonds is 8. The SMILES string of the molecule is Cc1oc(COCc2ccccc2)cc1CNCC(C)C. The van der Waals surface area contributed by atoms with E-state index in [2.05, 4.69) is 37.4 Å². The Bertz CT molecular complexity index is 531. The summed E-state index contributed by atoms with van der Waals surface area (Å²) in [4.78, 5) is 0. The fourth-order valence-electron chi connectivity index (χ4n) is 2.17. The van der Waals surface area contributed by atoms with Gasteiger partial charge in [-0.3, -0.25) is 0 Å². The molecule has 3 nitrogen and oxygen atoms in total. The Balaban J connectivity index is 1.79. The Kier molecular flexibility index (Phi) is 6.03. The molecule has 0 saturated carbocycles. The lowest BCUT2D eigenvalue weighted by molar-refractivity contribution is 0.0923. The van der Waals surface area contributed by atoms with Crippen molar-refractivity contribution >= 4 is 0 Å². The second-order valence-electron chi connectivity index (χ2n) is 5.80. The summed E-state index contributed by atoms with van der Waals surface area (Å²) in [6, 6.07) is 12.3. The van der Waals surface area contributed by atoms with Gasteiger partial charge in [-0.1, -0.05) is 44.2 Å². The number of hydrogen-bond donors (Lipinski definition) is 1. The van der Waals surface area contributed by atoms with Crippen molar-refractivity contribution in [3.05, 3.63) is 59.0 Å². The lowest BCUT2D eigenvalue weighted by atomic mass is 10.2. The van der Waals surface area contributed by atoms with Crippen LogP contribution in [0.15, 0.2) is 40.8 Å². The Labute approximate surface area is 127 Å². The minimum absolute atomic E-state index is 0.514. The van der Waals surface area contributed by atoms with Crippen LogP contribution in [0.3, 0.4) is 0 Å². The van der Waals surface area contributed by atoms with Crippen molar-refractivity contribution in [2.45, 2.75) is 40.5 Å². The van der Waals surface area contributed by atoms with Crippen LogP contribution in [0.5, 0.6) is 0 Å². The van der Waals surface area contributed by atoms with E-state index in [1.165, 1.54) is 11.1 Å². The topological polar surface area (TPSA) is 34.4 Å². The number of hydrogen-bond acceptors (Lipinski definition) is 3. The van der Waals surface area contributed by atoms with Gasteiger partial charge < -0.3 is 14.5 Å².